The van der Waals surface area contributed by atoms with E-state index in [0.717, 1.165) is 5.56 Å². The van der Waals surface area contributed by atoms with Gasteiger partial charge < -0.3 is 10.6 Å². The molecule has 1 atom stereocenters. The van der Waals surface area contributed by atoms with Crippen LogP contribution in [-0.2, 0) is 4.79 Å². The number of nitrogens with zero attached hydrogens (tertiary/aromatic N) is 1. The molecule has 0 aliphatic rings. The third-order valence-corrected chi connectivity index (χ3v) is 2.30. The summed E-state index contributed by atoms with van der Waals surface area (Å²) < 4.78 is 0. The largest absolute Gasteiger partial charge is 0.374 e. The fraction of sp³-hybridized carbons (Fsp3) is 0.364. The molecule has 1 rings (SSSR count). The van der Waals surface area contributed by atoms with Gasteiger partial charge in [-0.1, -0.05) is 0 Å². The zero-order chi connectivity index (χ0) is 13.0. The molecule has 0 spiro atoms. The predicted molar refractivity (Wildman–Crippen MR) is 65.0 cm³/mol. The number of aryl methyl sites for hydroxylation is 1. The van der Waals surface area contributed by atoms with Crippen molar-refractivity contribution in [2.45, 2.75) is 19.9 Å². The number of rotatable bonds is 4. The fourth-order valence-corrected chi connectivity index (χ4v) is 1.48. The molecule has 6 heteroatoms. The highest BCUT2D eigenvalue weighted by atomic mass is 16.6. The van der Waals surface area contributed by atoms with Gasteiger partial charge in [-0.05, 0) is 25.5 Å². The minimum Gasteiger partial charge on any atom is -0.374 e. The van der Waals surface area contributed by atoms with E-state index in [1.807, 2.05) is 0 Å². The van der Waals surface area contributed by atoms with E-state index in [1.165, 1.54) is 12.1 Å². The standard InChI is InChI=1S/C11H15N3O3/c1-7-4-9(6-10(5-7)14(16)17)13-8(2)11(15)12-3/h4-6,8,13H,1-3H3,(H,12,15). The maximum absolute atomic E-state index is 11.3. The molecule has 0 radical (unpaired) electrons. The number of nitro groups is 1. The van der Waals surface area contributed by atoms with Gasteiger partial charge in [-0.2, -0.15) is 0 Å². The van der Waals surface area contributed by atoms with Crippen molar-refractivity contribution in [3.05, 3.63) is 33.9 Å². The van der Waals surface area contributed by atoms with Crippen molar-refractivity contribution >= 4 is 17.3 Å². The van der Waals surface area contributed by atoms with E-state index in [1.54, 1.807) is 27.0 Å². The first-order chi connectivity index (χ1) is 7.93. The Morgan fingerprint density at radius 1 is 1.41 bits per heavy atom. The molecule has 17 heavy (non-hydrogen) atoms. The number of nitrogens with one attached hydrogen (secondary N) is 2. The maximum Gasteiger partial charge on any atom is 0.271 e. The van der Waals surface area contributed by atoms with E-state index in [2.05, 4.69) is 10.6 Å². The Morgan fingerprint density at radius 3 is 2.59 bits per heavy atom. The lowest BCUT2D eigenvalue weighted by atomic mass is 10.2. The second-order valence-corrected chi connectivity index (χ2v) is 3.79. The predicted octanol–water partition coefficient (Wildman–Crippen LogP) is 1.45. The smallest absolute Gasteiger partial charge is 0.271 e. The van der Waals surface area contributed by atoms with Crippen LogP contribution in [0.1, 0.15) is 12.5 Å². The SMILES string of the molecule is CNC(=O)C(C)Nc1cc(C)cc([N+](=O)[O-])c1. The molecule has 2 N–H and O–H groups in total. The second-order valence-electron chi connectivity index (χ2n) is 3.79. The van der Waals surface area contributed by atoms with Gasteiger partial charge in [0.25, 0.3) is 5.69 Å². The molecule has 1 unspecified atom stereocenters. The molecule has 0 heterocycles. The molecule has 0 bridgehead atoms. The number of carbonyl (C=O) groups excluding carboxylic acids is 1. The molecule has 92 valence electrons. The number of anilines is 1. The summed E-state index contributed by atoms with van der Waals surface area (Å²) >= 11 is 0. The molecular formula is C11H15N3O3. The molecule has 0 aromatic heterocycles. The van der Waals surface area contributed by atoms with Gasteiger partial charge in [-0.3, -0.25) is 14.9 Å². The Bertz CT molecular complexity index is 446. The highest BCUT2D eigenvalue weighted by molar-refractivity contribution is 5.84. The topological polar surface area (TPSA) is 84.3 Å². The van der Waals surface area contributed by atoms with Crippen LogP contribution in [0.15, 0.2) is 18.2 Å². The van der Waals surface area contributed by atoms with Crippen molar-refractivity contribution in [1.82, 2.24) is 5.32 Å². The summed E-state index contributed by atoms with van der Waals surface area (Å²) in [4.78, 5) is 21.5. The van der Waals surface area contributed by atoms with E-state index in [9.17, 15) is 14.9 Å². The zero-order valence-electron chi connectivity index (χ0n) is 9.98. The molecule has 0 fully saturated rings. The Hall–Kier alpha value is -2.11. The summed E-state index contributed by atoms with van der Waals surface area (Å²) in [6.45, 7) is 3.45. The number of hydrogen-bond donors (Lipinski definition) is 2. The fourth-order valence-electron chi connectivity index (χ4n) is 1.48. The van der Waals surface area contributed by atoms with Crippen molar-refractivity contribution in [2.75, 3.05) is 12.4 Å². The van der Waals surface area contributed by atoms with Gasteiger partial charge >= 0.3 is 0 Å². The first-order valence-corrected chi connectivity index (χ1v) is 5.18. The first kappa shape index (κ1) is 13.0. The summed E-state index contributed by atoms with van der Waals surface area (Å²) in [5.74, 6) is -0.172. The van der Waals surface area contributed by atoms with Crippen LogP contribution in [0.3, 0.4) is 0 Å². The lowest BCUT2D eigenvalue weighted by Gasteiger charge is -2.13. The third-order valence-electron chi connectivity index (χ3n) is 2.30. The van der Waals surface area contributed by atoms with Crippen LogP contribution < -0.4 is 10.6 Å². The Balaban J connectivity index is 2.91. The van der Waals surface area contributed by atoms with E-state index >= 15 is 0 Å². The van der Waals surface area contributed by atoms with E-state index in [0.29, 0.717) is 5.69 Å². The van der Waals surface area contributed by atoms with Crippen LogP contribution in [0.4, 0.5) is 11.4 Å². The summed E-state index contributed by atoms with van der Waals surface area (Å²) in [7, 11) is 1.54. The highest BCUT2D eigenvalue weighted by Crippen LogP contribution is 2.20. The third kappa shape index (κ3) is 3.44. The maximum atomic E-state index is 11.3. The molecule has 0 saturated heterocycles. The molecule has 0 aliphatic heterocycles. The lowest BCUT2D eigenvalue weighted by Crippen LogP contribution is -2.35. The van der Waals surface area contributed by atoms with Gasteiger partial charge in [-0.15, -0.1) is 0 Å². The molecule has 0 aliphatic carbocycles. The van der Waals surface area contributed by atoms with Crippen LogP contribution in [0, 0.1) is 17.0 Å². The van der Waals surface area contributed by atoms with Crippen molar-refractivity contribution in [3.63, 3.8) is 0 Å². The van der Waals surface area contributed by atoms with Crippen LogP contribution in [0.5, 0.6) is 0 Å². The van der Waals surface area contributed by atoms with Crippen LogP contribution in [-0.4, -0.2) is 23.9 Å². The molecule has 1 aromatic carbocycles. The van der Waals surface area contributed by atoms with Gasteiger partial charge in [0.2, 0.25) is 5.91 Å². The van der Waals surface area contributed by atoms with Crippen molar-refractivity contribution < 1.29 is 9.72 Å². The normalized spacial score (nSPS) is 11.7. The zero-order valence-corrected chi connectivity index (χ0v) is 9.98. The average Bonchev–Trinajstić information content (AvgIpc) is 2.26. The van der Waals surface area contributed by atoms with Gasteiger partial charge in [-0.25, -0.2) is 0 Å². The van der Waals surface area contributed by atoms with Crippen molar-refractivity contribution in [3.8, 4) is 0 Å². The van der Waals surface area contributed by atoms with E-state index in [4.69, 9.17) is 0 Å². The molecule has 1 amide bonds. The number of nitro benzene ring substituents is 1. The summed E-state index contributed by atoms with van der Waals surface area (Å²) in [6.07, 6.45) is 0. The van der Waals surface area contributed by atoms with Gasteiger partial charge in [0.05, 0.1) is 4.92 Å². The van der Waals surface area contributed by atoms with Crippen LogP contribution >= 0.6 is 0 Å². The first-order valence-electron chi connectivity index (χ1n) is 5.18. The molecule has 1 aromatic rings. The minimum absolute atomic E-state index is 0.0107. The van der Waals surface area contributed by atoms with Crippen molar-refractivity contribution in [2.24, 2.45) is 0 Å². The van der Waals surface area contributed by atoms with Gasteiger partial charge in [0, 0.05) is 24.9 Å². The average molecular weight is 237 g/mol. The Labute approximate surface area is 99.2 Å². The highest BCUT2D eigenvalue weighted by Gasteiger charge is 2.13. The molecule has 6 nitrogen and oxygen atoms in total. The van der Waals surface area contributed by atoms with Crippen molar-refractivity contribution in [1.29, 1.82) is 0 Å². The Kier molecular flexibility index (Phi) is 4.03. The number of benzene rings is 1. The van der Waals surface area contributed by atoms with Crippen LogP contribution in [0.25, 0.3) is 0 Å². The number of amides is 1. The second kappa shape index (κ2) is 5.29. The summed E-state index contributed by atoms with van der Waals surface area (Å²) in [5, 5.41) is 16.1. The minimum atomic E-state index is -0.456. The molecular weight excluding hydrogens is 222 g/mol. The van der Waals surface area contributed by atoms with Crippen LogP contribution in [0.2, 0.25) is 0 Å². The molecule has 0 saturated carbocycles. The van der Waals surface area contributed by atoms with E-state index in [-0.39, 0.29) is 11.6 Å². The number of non-ortho nitro benzene ring substituents is 1. The lowest BCUT2D eigenvalue weighted by molar-refractivity contribution is -0.384. The number of carbonyl (C=O) groups is 1. The van der Waals surface area contributed by atoms with Gasteiger partial charge in [0.15, 0.2) is 0 Å². The monoisotopic (exact) mass is 237 g/mol. The number of hydrogen-bond acceptors (Lipinski definition) is 4. The number of likely N-dealkylation sites (N-methyl/N-ethyl adjacent to an activating group) is 1. The van der Waals surface area contributed by atoms with E-state index < -0.39 is 11.0 Å². The summed E-state index contributed by atoms with van der Waals surface area (Å²) in [5.41, 5.74) is 1.34. The quantitative estimate of drug-likeness (QED) is 0.613. The van der Waals surface area contributed by atoms with Gasteiger partial charge in [0.1, 0.15) is 6.04 Å². The summed E-state index contributed by atoms with van der Waals surface area (Å²) in [6, 6.07) is 4.20. The Morgan fingerprint density at radius 2 is 2.06 bits per heavy atom.